The molecule has 3 aromatic carbocycles. The summed E-state index contributed by atoms with van der Waals surface area (Å²) in [5.41, 5.74) is 2.53. The standard InChI is InChI=1S/C29H28N2O5S/c1-29(2,3)36-28(33)24-16-13-23(14-17-24)20-31-27(32)25-19-22(12-8-11-21-9-6-5-7-10-21)15-18-26(25)30(4)37(31,34)35/h5-7,9-10,13-19H,11,20H2,1-4H3. The molecule has 190 valence electrons. The maximum absolute atomic E-state index is 13.4. The Kier molecular flexibility index (Phi) is 7.10. The van der Waals surface area contributed by atoms with Gasteiger partial charge in [0.1, 0.15) is 5.60 Å². The molecule has 37 heavy (non-hydrogen) atoms. The normalized spacial score (nSPS) is 14.4. The van der Waals surface area contributed by atoms with Crippen molar-refractivity contribution in [1.82, 2.24) is 4.31 Å². The molecule has 4 rings (SSSR count). The number of anilines is 1. The van der Waals surface area contributed by atoms with E-state index >= 15 is 0 Å². The van der Waals surface area contributed by atoms with Crippen LogP contribution in [0.1, 0.15) is 58.2 Å². The first kappa shape index (κ1) is 26.0. The van der Waals surface area contributed by atoms with Crippen molar-refractivity contribution in [2.45, 2.75) is 39.3 Å². The van der Waals surface area contributed by atoms with Gasteiger partial charge in [0.25, 0.3) is 5.91 Å². The van der Waals surface area contributed by atoms with Gasteiger partial charge in [0.2, 0.25) is 0 Å². The molecule has 0 fully saturated rings. The molecule has 0 radical (unpaired) electrons. The monoisotopic (exact) mass is 516 g/mol. The number of rotatable bonds is 4. The molecule has 0 atom stereocenters. The van der Waals surface area contributed by atoms with Crippen LogP contribution in [0.25, 0.3) is 0 Å². The molecule has 0 unspecified atom stereocenters. The van der Waals surface area contributed by atoms with Crippen molar-refractivity contribution >= 4 is 27.8 Å². The molecule has 1 heterocycles. The summed E-state index contributed by atoms with van der Waals surface area (Å²) in [6, 6.07) is 21.1. The third kappa shape index (κ3) is 5.84. The van der Waals surface area contributed by atoms with Gasteiger partial charge >= 0.3 is 16.2 Å². The third-order valence-electron chi connectivity index (χ3n) is 5.70. The van der Waals surface area contributed by atoms with Crippen LogP contribution in [0.3, 0.4) is 0 Å². The lowest BCUT2D eigenvalue weighted by Gasteiger charge is -2.34. The van der Waals surface area contributed by atoms with E-state index in [0.717, 1.165) is 14.2 Å². The number of hydrogen-bond acceptors (Lipinski definition) is 5. The highest BCUT2D eigenvalue weighted by Gasteiger charge is 2.40. The van der Waals surface area contributed by atoms with Crippen LogP contribution in [0.15, 0.2) is 72.8 Å². The molecule has 0 aliphatic carbocycles. The van der Waals surface area contributed by atoms with E-state index in [4.69, 9.17) is 4.74 Å². The Bertz CT molecular complexity index is 1500. The van der Waals surface area contributed by atoms with E-state index in [9.17, 15) is 18.0 Å². The first-order chi connectivity index (χ1) is 17.5. The van der Waals surface area contributed by atoms with Gasteiger partial charge < -0.3 is 4.74 Å². The van der Waals surface area contributed by atoms with Crippen LogP contribution in [0.4, 0.5) is 5.69 Å². The van der Waals surface area contributed by atoms with Gasteiger partial charge in [-0.1, -0.05) is 54.3 Å². The van der Waals surface area contributed by atoms with Gasteiger partial charge in [-0.15, -0.1) is 0 Å². The van der Waals surface area contributed by atoms with Gasteiger partial charge in [-0.3, -0.25) is 9.10 Å². The third-order valence-corrected chi connectivity index (χ3v) is 7.44. The van der Waals surface area contributed by atoms with Crippen molar-refractivity contribution in [2.75, 3.05) is 11.4 Å². The number of esters is 1. The number of fused-ring (bicyclic) bond motifs is 1. The van der Waals surface area contributed by atoms with E-state index in [1.165, 1.54) is 7.05 Å². The Labute approximate surface area is 217 Å². The smallest absolute Gasteiger partial charge is 0.338 e. The Balaban J connectivity index is 1.57. The van der Waals surface area contributed by atoms with E-state index in [0.29, 0.717) is 28.8 Å². The molecule has 0 spiro atoms. The van der Waals surface area contributed by atoms with Crippen LogP contribution in [-0.2, 0) is 27.9 Å². The minimum Gasteiger partial charge on any atom is -0.456 e. The number of ether oxygens (including phenoxy) is 1. The second-order valence-corrected chi connectivity index (χ2v) is 11.6. The number of hydrogen-bond donors (Lipinski definition) is 0. The predicted molar refractivity (Wildman–Crippen MR) is 142 cm³/mol. The molecular weight excluding hydrogens is 488 g/mol. The number of carbonyl (C=O) groups excluding carboxylic acids is 2. The molecule has 8 heteroatoms. The van der Waals surface area contributed by atoms with Crippen molar-refractivity contribution in [2.24, 2.45) is 0 Å². The first-order valence-corrected chi connectivity index (χ1v) is 13.2. The van der Waals surface area contributed by atoms with Crippen LogP contribution in [0, 0.1) is 11.8 Å². The van der Waals surface area contributed by atoms with E-state index in [1.807, 2.05) is 30.3 Å². The van der Waals surface area contributed by atoms with Gasteiger partial charge in [-0.2, -0.15) is 8.42 Å². The molecule has 1 aliphatic rings. The lowest BCUT2D eigenvalue weighted by Crippen LogP contribution is -2.49. The zero-order valence-corrected chi connectivity index (χ0v) is 22.0. The summed E-state index contributed by atoms with van der Waals surface area (Å²) >= 11 is 0. The molecule has 3 aromatic rings. The fourth-order valence-corrected chi connectivity index (χ4v) is 5.14. The van der Waals surface area contributed by atoms with Crippen molar-refractivity contribution in [3.8, 4) is 11.8 Å². The van der Waals surface area contributed by atoms with E-state index in [1.54, 1.807) is 63.2 Å². The van der Waals surface area contributed by atoms with Crippen LogP contribution >= 0.6 is 0 Å². The Morgan fingerprint density at radius 2 is 1.62 bits per heavy atom. The summed E-state index contributed by atoms with van der Waals surface area (Å²) in [5, 5.41) is 0. The second-order valence-electron chi connectivity index (χ2n) is 9.68. The number of amides is 1. The van der Waals surface area contributed by atoms with Crippen molar-refractivity contribution in [3.63, 3.8) is 0 Å². The second kappa shape index (κ2) is 10.1. The Morgan fingerprint density at radius 3 is 2.27 bits per heavy atom. The van der Waals surface area contributed by atoms with Crippen molar-refractivity contribution in [3.05, 3.63) is 101 Å². The number of nitrogens with zero attached hydrogens (tertiary/aromatic N) is 2. The molecule has 7 nitrogen and oxygen atoms in total. The van der Waals surface area contributed by atoms with E-state index in [-0.39, 0.29) is 12.1 Å². The summed E-state index contributed by atoms with van der Waals surface area (Å²) in [5.74, 6) is 5.06. The van der Waals surface area contributed by atoms with E-state index in [2.05, 4.69) is 11.8 Å². The van der Waals surface area contributed by atoms with E-state index < -0.39 is 27.7 Å². The molecular formula is C29H28N2O5S. The summed E-state index contributed by atoms with van der Waals surface area (Å²) in [4.78, 5) is 25.6. The Morgan fingerprint density at radius 1 is 0.946 bits per heavy atom. The average molecular weight is 517 g/mol. The molecule has 0 saturated carbocycles. The fourth-order valence-electron chi connectivity index (χ4n) is 3.82. The van der Waals surface area contributed by atoms with Crippen LogP contribution in [-0.4, -0.2) is 37.2 Å². The minimum atomic E-state index is -4.09. The van der Waals surface area contributed by atoms with Gasteiger partial charge in [-0.05, 0) is 62.2 Å². The topological polar surface area (TPSA) is 84.0 Å². The lowest BCUT2D eigenvalue weighted by atomic mass is 10.1. The maximum atomic E-state index is 13.4. The largest absolute Gasteiger partial charge is 0.456 e. The van der Waals surface area contributed by atoms with Gasteiger partial charge in [0, 0.05) is 19.0 Å². The van der Waals surface area contributed by atoms with Gasteiger partial charge in [0.05, 0.1) is 23.4 Å². The average Bonchev–Trinajstić information content (AvgIpc) is 2.85. The van der Waals surface area contributed by atoms with Crippen LogP contribution in [0.2, 0.25) is 0 Å². The van der Waals surface area contributed by atoms with Gasteiger partial charge in [-0.25, -0.2) is 9.10 Å². The quantitative estimate of drug-likeness (QED) is 0.375. The first-order valence-electron chi connectivity index (χ1n) is 11.8. The highest BCUT2D eigenvalue weighted by Crippen LogP contribution is 2.32. The SMILES string of the molecule is CN1c2ccc(C#CCc3ccccc3)cc2C(=O)N(Cc2ccc(C(=O)OC(C)(C)C)cc2)S1(=O)=O. The Hall–Kier alpha value is -4.09. The molecule has 0 aromatic heterocycles. The molecule has 1 amide bonds. The zero-order chi connectivity index (χ0) is 26.8. The van der Waals surface area contributed by atoms with Crippen LogP contribution < -0.4 is 4.31 Å². The van der Waals surface area contributed by atoms with Crippen molar-refractivity contribution < 1.29 is 22.7 Å². The van der Waals surface area contributed by atoms with Gasteiger partial charge in [0.15, 0.2) is 0 Å². The lowest BCUT2D eigenvalue weighted by molar-refractivity contribution is 0.00693. The molecule has 1 aliphatic heterocycles. The zero-order valence-electron chi connectivity index (χ0n) is 21.2. The number of benzene rings is 3. The predicted octanol–water partition coefficient (Wildman–Crippen LogP) is 4.57. The molecule has 0 bridgehead atoms. The summed E-state index contributed by atoms with van der Waals surface area (Å²) < 4.78 is 33.6. The van der Waals surface area contributed by atoms with Crippen LogP contribution in [0.5, 0.6) is 0 Å². The summed E-state index contributed by atoms with van der Waals surface area (Å²) in [6.45, 7) is 5.16. The fraction of sp³-hybridized carbons (Fsp3) is 0.241. The summed E-state index contributed by atoms with van der Waals surface area (Å²) in [6.07, 6.45) is 0.561. The highest BCUT2D eigenvalue weighted by atomic mass is 32.2. The molecule has 0 saturated heterocycles. The summed E-state index contributed by atoms with van der Waals surface area (Å²) in [7, 11) is -2.67. The van der Waals surface area contributed by atoms with Crippen molar-refractivity contribution in [1.29, 1.82) is 0 Å². The minimum absolute atomic E-state index is 0.177. The highest BCUT2D eigenvalue weighted by molar-refractivity contribution is 7.91. The number of carbonyl (C=O) groups is 2. The maximum Gasteiger partial charge on any atom is 0.338 e. The molecule has 0 N–H and O–H groups in total.